The van der Waals surface area contributed by atoms with E-state index in [1.165, 1.54) is 16.8 Å². The van der Waals surface area contributed by atoms with Gasteiger partial charge in [0.2, 0.25) is 0 Å². The molecule has 0 bridgehead atoms. The van der Waals surface area contributed by atoms with Crippen LogP contribution in [0.15, 0.2) is 28.9 Å². The van der Waals surface area contributed by atoms with Crippen LogP contribution in [0.5, 0.6) is 0 Å². The molecule has 1 aliphatic rings. The Hall–Kier alpha value is -1.57. The lowest BCUT2D eigenvalue weighted by Crippen LogP contribution is -2.17. The highest BCUT2D eigenvalue weighted by molar-refractivity contribution is 5.76. The molecule has 0 unspecified atom stereocenters. The molecule has 2 nitrogen and oxygen atoms in total. The monoisotopic (exact) mass is 200 g/mol. The zero-order chi connectivity index (χ0) is 10.8. The van der Waals surface area contributed by atoms with E-state index in [-0.39, 0.29) is 0 Å². The predicted molar refractivity (Wildman–Crippen MR) is 65.4 cm³/mol. The summed E-state index contributed by atoms with van der Waals surface area (Å²) in [6.45, 7) is 7.31. The summed E-state index contributed by atoms with van der Waals surface area (Å²) in [6.07, 6.45) is 4.10. The van der Waals surface area contributed by atoms with E-state index in [1.807, 2.05) is 6.34 Å². The number of nitrogens with zero attached hydrogens (tertiary/aromatic N) is 2. The Morgan fingerprint density at radius 1 is 1.27 bits per heavy atom. The molecule has 0 aromatic heterocycles. The lowest BCUT2D eigenvalue weighted by atomic mass is 10.1. The molecule has 2 heteroatoms. The first-order valence-electron chi connectivity index (χ1n) is 5.30. The standard InChI is InChI=1S/C13H16N2/c1-4-15-9-14-13-6-5-10(2)7-12(13)8-11(15)3/h5-9H,4H2,1-3H3. The van der Waals surface area contributed by atoms with Crippen LogP contribution in [-0.2, 0) is 0 Å². The highest BCUT2D eigenvalue weighted by Crippen LogP contribution is 2.25. The Morgan fingerprint density at radius 2 is 2.07 bits per heavy atom. The van der Waals surface area contributed by atoms with Crippen molar-refractivity contribution in [1.29, 1.82) is 0 Å². The number of aryl methyl sites for hydroxylation is 1. The zero-order valence-corrected chi connectivity index (χ0v) is 9.49. The molecule has 0 N–H and O–H groups in total. The fourth-order valence-electron chi connectivity index (χ4n) is 1.77. The van der Waals surface area contributed by atoms with Crippen molar-refractivity contribution in [3.8, 4) is 0 Å². The summed E-state index contributed by atoms with van der Waals surface area (Å²) in [7, 11) is 0. The van der Waals surface area contributed by atoms with Crippen molar-refractivity contribution in [2.75, 3.05) is 6.54 Å². The van der Waals surface area contributed by atoms with Gasteiger partial charge in [-0.2, -0.15) is 0 Å². The maximum Gasteiger partial charge on any atom is 0.0954 e. The van der Waals surface area contributed by atoms with Crippen LogP contribution >= 0.6 is 0 Å². The van der Waals surface area contributed by atoms with Crippen LogP contribution in [0.2, 0.25) is 0 Å². The van der Waals surface area contributed by atoms with Crippen molar-refractivity contribution in [3.05, 3.63) is 35.0 Å². The highest BCUT2D eigenvalue weighted by Gasteiger charge is 2.07. The molecule has 1 heterocycles. The zero-order valence-electron chi connectivity index (χ0n) is 9.49. The first-order chi connectivity index (χ1) is 7.20. The molecule has 1 aliphatic heterocycles. The third-order valence-corrected chi connectivity index (χ3v) is 2.68. The van der Waals surface area contributed by atoms with Crippen LogP contribution in [0.4, 0.5) is 5.69 Å². The molecule has 15 heavy (non-hydrogen) atoms. The molecule has 1 aromatic rings. The summed E-state index contributed by atoms with van der Waals surface area (Å²) in [5.74, 6) is 0. The van der Waals surface area contributed by atoms with Gasteiger partial charge in [0.05, 0.1) is 12.0 Å². The van der Waals surface area contributed by atoms with Gasteiger partial charge in [-0.1, -0.05) is 11.6 Å². The van der Waals surface area contributed by atoms with Gasteiger partial charge in [-0.15, -0.1) is 0 Å². The molecule has 0 fully saturated rings. The largest absolute Gasteiger partial charge is 0.337 e. The van der Waals surface area contributed by atoms with Crippen molar-refractivity contribution in [2.24, 2.45) is 4.99 Å². The maximum atomic E-state index is 4.48. The second-order valence-corrected chi connectivity index (χ2v) is 3.88. The van der Waals surface area contributed by atoms with E-state index in [2.05, 4.69) is 54.9 Å². The van der Waals surface area contributed by atoms with E-state index >= 15 is 0 Å². The summed E-state index contributed by atoms with van der Waals surface area (Å²) in [5, 5.41) is 0. The molecule has 78 valence electrons. The molecule has 0 radical (unpaired) electrons. The summed E-state index contributed by atoms with van der Waals surface area (Å²) in [6, 6.07) is 6.35. The number of allylic oxidation sites excluding steroid dienone is 1. The summed E-state index contributed by atoms with van der Waals surface area (Å²) in [4.78, 5) is 6.63. The summed E-state index contributed by atoms with van der Waals surface area (Å²) >= 11 is 0. The highest BCUT2D eigenvalue weighted by atomic mass is 15.2. The van der Waals surface area contributed by atoms with Crippen molar-refractivity contribution in [3.63, 3.8) is 0 Å². The van der Waals surface area contributed by atoms with Crippen LogP contribution in [0.25, 0.3) is 6.08 Å². The number of hydrogen-bond donors (Lipinski definition) is 0. The van der Waals surface area contributed by atoms with Crippen molar-refractivity contribution in [2.45, 2.75) is 20.8 Å². The van der Waals surface area contributed by atoms with E-state index in [4.69, 9.17) is 0 Å². The Kier molecular flexibility index (Phi) is 2.58. The molecule has 2 rings (SSSR count). The molecular formula is C13H16N2. The predicted octanol–water partition coefficient (Wildman–Crippen LogP) is 3.35. The lowest BCUT2D eigenvalue weighted by molar-refractivity contribution is 0.564. The van der Waals surface area contributed by atoms with Gasteiger partial charge in [0, 0.05) is 17.8 Å². The molecular weight excluding hydrogens is 184 g/mol. The van der Waals surface area contributed by atoms with Gasteiger partial charge >= 0.3 is 0 Å². The van der Waals surface area contributed by atoms with Crippen LogP contribution < -0.4 is 0 Å². The number of benzene rings is 1. The van der Waals surface area contributed by atoms with Crippen LogP contribution in [-0.4, -0.2) is 17.8 Å². The van der Waals surface area contributed by atoms with Gasteiger partial charge in [-0.05, 0) is 39.0 Å². The Balaban J connectivity index is 2.51. The van der Waals surface area contributed by atoms with Crippen LogP contribution in [0, 0.1) is 6.92 Å². The Labute approximate surface area is 90.9 Å². The fourth-order valence-corrected chi connectivity index (χ4v) is 1.77. The topological polar surface area (TPSA) is 15.6 Å². The Morgan fingerprint density at radius 3 is 2.80 bits per heavy atom. The first kappa shape index (κ1) is 9.97. The minimum Gasteiger partial charge on any atom is -0.337 e. The molecule has 0 amide bonds. The van der Waals surface area contributed by atoms with Gasteiger partial charge in [0.25, 0.3) is 0 Å². The van der Waals surface area contributed by atoms with Gasteiger partial charge in [-0.25, -0.2) is 4.99 Å². The average molecular weight is 200 g/mol. The van der Waals surface area contributed by atoms with Crippen LogP contribution in [0.3, 0.4) is 0 Å². The maximum absolute atomic E-state index is 4.48. The van der Waals surface area contributed by atoms with E-state index in [9.17, 15) is 0 Å². The number of rotatable bonds is 1. The quantitative estimate of drug-likeness (QED) is 0.678. The molecule has 0 spiro atoms. The van der Waals surface area contributed by atoms with E-state index in [0.29, 0.717) is 0 Å². The van der Waals surface area contributed by atoms with Gasteiger partial charge in [-0.3, -0.25) is 0 Å². The average Bonchev–Trinajstić information content (AvgIpc) is 2.35. The van der Waals surface area contributed by atoms with E-state index in [0.717, 1.165) is 12.2 Å². The van der Waals surface area contributed by atoms with Gasteiger partial charge < -0.3 is 4.90 Å². The molecule has 0 saturated carbocycles. The van der Waals surface area contributed by atoms with Crippen molar-refractivity contribution < 1.29 is 0 Å². The van der Waals surface area contributed by atoms with Crippen LogP contribution in [0.1, 0.15) is 25.0 Å². The lowest BCUT2D eigenvalue weighted by Gasteiger charge is -2.15. The minimum atomic E-state index is 0.957. The number of fused-ring (bicyclic) bond motifs is 1. The molecule has 0 saturated heterocycles. The third-order valence-electron chi connectivity index (χ3n) is 2.68. The molecule has 1 aromatic carbocycles. The first-order valence-corrected chi connectivity index (χ1v) is 5.30. The third kappa shape index (κ3) is 1.94. The van der Waals surface area contributed by atoms with Gasteiger partial charge in [0.15, 0.2) is 0 Å². The molecule has 0 aliphatic carbocycles. The molecule has 0 atom stereocenters. The van der Waals surface area contributed by atoms with E-state index in [1.54, 1.807) is 0 Å². The minimum absolute atomic E-state index is 0.957. The summed E-state index contributed by atoms with van der Waals surface area (Å²) < 4.78 is 0. The second kappa shape index (κ2) is 3.89. The summed E-state index contributed by atoms with van der Waals surface area (Å²) in [5.41, 5.74) is 4.78. The van der Waals surface area contributed by atoms with Crippen molar-refractivity contribution in [1.82, 2.24) is 4.90 Å². The van der Waals surface area contributed by atoms with Crippen molar-refractivity contribution >= 4 is 18.1 Å². The smallest absolute Gasteiger partial charge is 0.0954 e. The SMILES string of the molecule is CCN1C=Nc2ccc(C)cc2C=C1C. The van der Waals surface area contributed by atoms with Gasteiger partial charge in [0.1, 0.15) is 0 Å². The fraction of sp³-hybridized carbons (Fsp3) is 0.308. The number of aliphatic imine (C=N–C) groups is 1. The van der Waals surface area contributed by atoms with E-state index < -0.39 is 0 Å². The normalized spacial score (nSPS) is 14.6. The Bertz CT molecular complexity index is 430. The number of hydrogen-bond acceptors (Lipinski definition) is 2. The second-order valence-electron chi connectivity index (χ2n) is 3.88.